The van der Waals surface area contributed by atoms with Gasteiger partial charge in [0, 0.05) is 18.9 Å². The van der Waals surface area contributed by atoms with Gasteiger partial charge >= 0.3 is 0 Å². The smallest absolute Gasteiger partial charge is 0.263 e. The molecular weight excluding hydrogens is 206 g/mol. The molecule has 0 aliphatic heterocycles. The summed E-state index contributed by atoms with van der Waals surface area (Å²) in [6, 6.07) is 5.25. The standard InChI is InChI=1S/C10H11N5O/c11-4-8(10(13)16)9(12)15-6-7-2-1-3-14-5-7/h1-3,5,15H,6,12H2,(H2,13,16)/b9-8+. The van der Waals surface area contributed by atoms with Crippen LogP contribution in [0.5, 0.6) is 0 Å². The van der Waals surface area contributed by atoms with Gasteiger partial charge in [0.1, 0.15) is 11.9 Å². The van der Waals surface area contributed by atoms with Crippen LogP contribution in [0.15, 0.2) is 35.9 Å². The predicted molar refractivity (Wildman–Crippen MR) is 57.1 cm³/mol. The third kappa shape index (κ3) is 2.99. The summed E-state index contributed by atoms with van der Waals surface area (Å²) in [4.78, 5) is 14.7. The Bertz CT molecular complexity index is 446. The molecule has 0 saturated carbocycles. The zero-order valence-electron chi connectivity index (χ0n) is 8.47. The molecule has 0 aromatic carbocycles. The Morgan fingerprint density at radius 2 is 2.31 bits per heavy atom. The zero-order chi connectivity index (χ0) is 12.0. The summed E-state index contributed by atoms with van der Waals surface area (Å²) in [5.41, 5.74) is 11.1. The lowest BCUT2D eigenvalue weighted by atomic mass is 10.2. The van der Waals surface area contributed by atoms with Crippen LogP contribution in [0.4, 0.5) is 0 Å². The molecule has 0 atom stereocenters. The molecule has 1 heterocycles. The fraction of sp³-hybridized carbons (Fsp3) is 0.100. The number of hydrogen-bond donors (Lipinski definition) is 3. The highest BCUT2D eigenvalue weighted by Gasteiger charge is 2.08. The first-order chi connectivity index (χ1) is 7.65. The van der Waals surface area contributed by atoms with Crippen LogP contribution in [0.2, 0.25) is 0 Å². The first-order valence-electron chi connectivity index (χ1n) is 4.47. The molecule has 82 valence electrons. The summed E-state index contributed by atoms with van der Waals surface area (Å²) in [6.45, 7) is 0.373. The number of amides is 1. The number of carbonyl (C=O) groups is 1. The highest BCUT2D eigenvalue weighted by molar-refractivity contribution is 5.96. The molecule has 0 bridgehead atoms. The number of aromatic nitrogens is 1. The van der Waals surface area contributed by atoms with E-state index in [2.05, 4.69) is 10.3 Å². The van der Waals surface area contributed by atoms with Crippen LogP contribution in [0.25, 0.3) is 0 Å². The number of nitrogens with zero attached hydrogens (tertiary/aromatic N) is 2. The van der Waals surface area contributed by atoms with Crippen LogP contribution in [-0.2, 0) is 11.3 Å². The van der Waals surface area contributed by atoms with Crippen molar-refractivity contribution in [3.8, 4) is 6.07 Å². The van der Waals surface area contributed by atoms with Gasteiger partial charge in [-0.3, -0.25) is 9.78 Å². The van der Waals surface area contributed by atoms with Crippen molar-refractivity contribution >= 4 is 5.91 Å². The molecule has 16 heavy (non-hydrogen) atoms. The Morgan fingerprint density at radius 1 is 1.56 bits per heavy atom. The average molecular weight is 217 g/mol. The van der Waals surface area contributed by atoms with E-state index in [0.717, 1.165) is 5.56 Å². The first kappa shape index (κ1) is 11.5. The topological polar surface area (TPSA) is 118 Å². The van der Waals surface area contributed by atoms with Gasteiger partial charge in [-0.05, 0) is 11.6 Å². The summed E-state index contributed by atoms with van der Waals surface area (Å²) in [5, 5.41) is 11.3. The van der Waals surface area contributed by atoms with Crippen molar-refractivity contribution in [3.63, 3.8) is 0 Å². The van der Waals surface area contributed by atoms with Crippen molar-refractivity contribution < 1.29 is 4.79 Å². The maximum absolute atomic E-state index is 10.8. The lowest BCUT2D eigenvalue weighted by Crippen LogP contribution is -2.26. The number of rotatable bonds is 4. The van der Waals surface area contributed by atoms with Gasteiger partial charge in [-0.15, -0.1) is 0 Å². The maximum Gasteiger partial charge on any atom is 0.263 e. The lowest BCUT2D eigenvalue weighted by Gasteiger charge is -2.06. The fourth-order valence-electron chi connectivity index (χ4n) is 1.04. The Hall–Kier alpha value is -2.55. The summed E-state index contributed by atoms with van der Waals surface area (Å²) < 4.78 is 0. The van der Waals surface area contributed by atoms with E-state index < -0.39 is 5.91 Å². The Labute approximate surface area is 92.6 Å². The molecule has 1 aromatic heterocycles. The molecule has 0 fully saturated rings. The number of pyridine rings is 1. The average Bonchev–Trinajstić information content (AvgIpc) is 2.28. The quantitative estimate of drug-likeness (QED) is 0.457. The monoisotopic (exact) mass is 217 g/mol. The fourth-order valence-corrected chi connectivity index (χ4v) is 1.04. The molecule has 6 nitrogen and oxygen atoms in total. The molecule has 0 saturated heterocycles. The molecule has 1 aromatic rings. The molecule has 0 spiro atoms. The Kier molecular flexibility index (Phi) is 3.86. The third-order valence-corrected chi connectivity index (χ3v) is 1.83. The van der Waals surface area contributed by atoms with Crippen LogP contribution in [0, 0.1) is 11.3 Å². The van der Waals surface area contributed by atoms with E-state index in [-0.39, 0.29) is 11.4 Å². The molecule has 1 rings (SSSR count). The number of carbonyl (C=O) groups excluding carboxylic acids is 1. The van der Waals surface area contributed by atoms with E-state index in [1.54, 1.807) is 24.5 Å². The number of primary amides is 1. The number of hydrogen-bond acceptors (Lipinski definition) is 5. The van der Waals surface area contributed by atoms with Gasteiger partial charge in [0.15, 0.2) is 5.57 Å². The molecule has 0 aliphatic rings. The van der Waals surface area contributed by atoms with E-state index >= 15 is 0 Å². The summed E-state index contributed by atoms with van der Waals surface area (Å²) in [6.07, 6.45) is 3.30. The largest absolute Gasteiger partial charge is 0.384 e. The highest BCUT2D eigenvalue weighted by atomic mass is 16.1. The number of nitrogens with two attached hydrogens (primary N) is 2. The van der Waals surface area contributed by atoms with E-state index in [4.69, 9.17) is 16.7 Å². The minimum Gasteiger partial charge on any atom is -0.384 e. The summed E-state index contributed by atoms with van der Waals surface area (Å²) in [5.74, 6) is -0.877. The second kappa shape index (κ2) is 5.36. The SMILES string of the molecule is N#C/C(C(N)=O)=C(/N)NCc1cccnc1. The van der Waals surface area contributed by atoms with Crippen molar-refractivity contribution in [2.24, 2.45) is 11.5 Å². The van der Waals surface area contributed by atoms with Crippen molar-refractivity contribution in [2.45, 2.75) is 6.54 Å². The van der Waals surface area contributed by atoms with E-state index in [1.807, 2.05) is 6.07 Å². The normalized spacial score (nSPS) is 11.2. The zero-order valence-corrected chi connectivity index (χ0v) is 8.47. The van der Waals surface area contributed by atoms with E-state index in [0.29, 0.717) is 6.54 Å². The van der Waals surface area contributed by atoms with Crippen LogP contribution in [0.3, 0.4) is 0 Å². The van der Waals surface area contributed by atoms with Gasteiger partial charge in [-0.1, -0.05) is 6.07 Å². The Balaban J connectivity index is 2.69. The van der Waals surface area contributed by atoms with E-state index in [1.165, 1.54) is 0 Å². The minimum atomic E-state index is -0.848. The number of nitrogens with one attached hydrogen (secondary N) is 1. The second-order valence-electron chi connectivity index (χ2n) is 2.98. The Morgan fingerprint density at radius 3 is 2.81 bits per heavy atom. The van der Waals surface area contributed by atoms with E-state index in [9.17, 15) is 4.79 Å². The van der Waals surface area contributed by atoms with Gasteiger partial charge in [0.25, 0.3) is 5.91 Å². The molecule has 6 heteroatoms. The van der Waals surface area contributed by atoms with Gasteiger partial charge in [-0.2, -0.15) is 5.26 Å². The van der Waals surface area contributed by atoms with Crippen molar-refractivity contribution in [1.29, 1.82) is 5.26 Å². The highest BCUT2D eigenvalue weighted by Crippen LogP contribution is 1.98. The van der Waals surface area contributed by atoms with Crippen LogP contribution >= 0.6 is 0 Å². The molecule has 1 amide bonds. The first-order valence-corrected chi connectivity index (χ1v) is 4.47. The molecule has 5 N–H and O–H groups in total. The van der Waals surface area contributed by atoms with Gasteiger partial charge in [0.05, 0.1) is 0 Å². The van der Waals surface area contributed by atoms with Crippen LogP contribution in [-0.4, -0.2) is 10.9 Å². The van der Waals surface area contributed by atoms with Crippen molar-refractivity contribution in [3.05, 3.63) is 41.5 Å². The molecule has 0 radical (unpaired) electrons. The molecule has 0 aliphatic carbocycles. The predicted octanol–water partition coefficient (Wildman–Crippen LogP) is -0.650. The van der Waals surface area contributed by atoms with Crippen LogP contribution in [0.1, 0.15) is 5.56 Å². The van der Waals surface area contributed by atoms with Crippen molar-refractivity contribution in [2.75, 3.05) is 0 Å². The maximum atomic E-state index is 10.8. The molecule has 0 unspecified atom stereocenters. The van der Waals surface area contributed by atoms with Gasteiger partial charge in [-0.25, -0.2) is 0 Å². The third-order valence-electron chi connectivity index (χ3n) is 1.83. The van der Waals surface area contributed by atoms with Gasteiger partial charge in [0.2, 0.25) is 0 Å². The van der Waals surface area contributed by atoms with Crippen molar-refractivity contribution in [1.82, 2.24) is 10.3 Å². The van der Waals surface area contributed by atoms with Gasteiger partial charge < -0.3 is 16.8 Å². The minimum absolute atomic E-state index is 0.0288. The molecular formula is C10H11N5O. The number of nitriles is 1. The summed E-state index contributed by atoms with van der Waals surface area (Å²) >= 11 is 0. The van der Waals surface area contributed by atoms with Crippen LogP contribution < -0.4 is 16.8 Å². The lowest BCUT2D eigenvalue weighted by molar-refractivity contribution is -0.114. The second-order valence-corrected chi connectivity index (χ2v) is 2.98. The summed E-state index contributed by atoms with van der Waals surface area (Å²) in [7, 11) is 0.